The predicted molar refractivity (Wildman–Crippen MR) is 80.2 cm³/mol. The summed E-state index contributed by atoms with van der Waals surface area (Å²) in [6.07, 6.45) is 5.79. The van der Waals surface area contributed by atoms with Crippen molar-refractivity contribution in [3.63, 3.8) is 0 Å². The summed E-state index contributed by atoms with van der Waals surface area (Å²) in [7, 11) is -3.43. The van der Waals surface area contributed by atoms with Gasteiger partial charge in [0.15, 0.2) is 0 Å². The summed E-state index contributed by atoms with van der Waals surface area (Å²) < 4.78 is 30.6. The molecule has 1 aromatic rings. The number of rotatable bonds is 4. The Kier molecular flexibility index (Phi) is 4.16. The van der Waals surface area contributed by atoms with Crippen LogP contribution in [-0.4, -0.2) is 20.6 Å². The predicted octanol–water partition coefficient (Wildman–Crippen LogP) is 3.41. The van der Waals surface area contributed by atoms with Crippen LogP contribution < -0.4 is 0 Å². The highest BCUT2D eigenvalue weighted by Gasteiger charge is 2.27. The van der Waals surface area contributed by atoms with Crippen molar-refractivity contribution in [2.45, 2.75) is 37.7 Å². The van der Waals surface area contributed by atoms with E-state index < -0.39 is 15.4 Å². The van der Waals surface area contributed by atoms with Gasteiger partial charge in [0.25, 0.3) is 0 Å². The van der Waals surface area contributed by atoms with Gasteiger partial charge in [0.05, 0.1) is 15.4 Å². The van der Waals surface area contributed by atoms with E-state index in [1.807, 2.05) is 39.0 Å². The fraction of sp³-hybridized carbons (Fsp3) is 0.375. The van der Waals surface area contributed by atoms with Crippen LogP contribution in [0, 0.1) is 6.92 Å². The summed E-state index contributed by atoms with van der Waals surface area (Å²) in [5.41, 5.74) is 0.641. The summed E-state index contributed by atoms with van der Waals surface area (Å²) in [6, 6.07) is 6.92. The molecule has 0 aromatic heterocycles. The summed E-state index contributed by atoms with van der Waals surface area (Å²) in [5.74, 6) is 0. The molecule has 0 spiro atoms. The molecule has 0 aliphatic heterocycles. The third kappa shape index (κ3) is 3.02. The zero-order chi connectivity index (χ0) is 14.8. The van der Waals surface area contributed by atoms with Gasteiger partial charge in [0.1, 0.15) is 0 Å². The number of aryl methyl sites for hydroxylation is 1. The molecular weight excluding hydrogens is 272 g/mol. The van der Waals surface area contributed by atoms with E-state index in [0.717, 1.165) is 5.56 Å². The molecule has 108 valence electrons. The van der Waals surface area contributed by atoms with Crippen molar-refractivity contribution in [2.24, 2.45) is 0 Å². The van der Waals surface area contributed by atoms with Crippen LogP contribution in [0.1, 0.15) is 25.8 Å². The summed E-state index contributed by atoms with van der Waals surface area (Å²) >= 11 is 0. The van der Waals surface area contributed by atoms with Crippen molar-refractivity contribution in [1.82, 2.24) is 0 Å². The molecule has 0 amide bonds. The molecule has 0 heterocycles. The van der Waals surface area contributed by atoms with Gasteiger partial charge in [-0.25, -0.2) is 8.42 Å². The van der Waals surface area contributed by atoms with Gasteiger partial charge in [-0.3, -0.25) is 0 Å². The molecule has 1 aliphatic rings. The molecule has 2 rings (SSSR count). The Hall–Kier alpha value is -1.39. The number of ether oxygens (including phenoxy) is 1. The first kappa shape index (κ1) is 15.0. The van der Waals surface area contributed by atoms with Crippen molar-refractivity contribution in [3.8, 4) is 0 Å². The monoisotopic (exact) mass is 292 g/mol. The van der Waals surface area contributed by atoms with E-state index in [2.05, 4.69) is 0 Å². The molecule has 0 fully saturated rings. The van der Waals surface area contributed by atoms with Crippen LogP contribution in [0.3, 0.4) is 0 Å². The molecule has 0 saturated carbocycles. The maximum atomic E-state index is 12.5. The first-order chi connectivity index (χ1) is 9.37. The van der Waals surface area contributed by atoms with Gasteiger partial charge in [0, 0.05) is 6.61 Å². The quantitative estimate of drug-likeness (QED) is 0.854. The van der Waals surface area contributed by atoms with Gasteiger partial charge < -0.3 is 4.74 Å². The zero-order valence-corrected chi connectivity index (χ0v) is 12.9. The average Bonchev–Trinajstić information content (AvgIpc) is 2.39. The second-order valence-corrected chi connectivity index (χ2v) is 7.16. The second kappa shape index (κ2) is 5.54. The van der Waals surface area contributed by atoms with Crippen LogP contribution in [0.5, 0.6) is 0 Å². The standard InChI is InChI=1S/C16H20O3S/c1-4-19-16(3)11-9-15(10-12-16)20(17,18)14-7-5-13(2)6-8-14/h5-11H,4,12H2,1-3H3. The van der Waals surface area contributed by atoms with Crippen molar-refractivity contribution >= 4 is 9.84 Å². The highest BCUT2D eigenvalue weighted by Crippen LogP contribution is 2.29. The third-order valence-electron chi connectivity index (χ3n) is 3.42. The summed E-state index contributed by atoms with van der Waals surface area (Å²) in [5, 5.41) is 0. The Labute approximate surface area is 120 Å². The third-order valence-corrected chi connectivity index (χ3v) is 5.24. The lowest BCUT2D eigenvalue weighted by atomic mass is 9.97. The summed E-state index contributed by atoms with van der Waals surface area (Å²) in [6.45, 7) is 6.43. The molecule has 0 radical (unpaired) electrons. The first-order valence-corrected chi connectivity index (χ1v) is 8.21. The van der Waals surface area contributed by atoms with E-state index in [4.69, 9.17) is 4.74 Å². The number of benzene rings is 1. The molecule has 1 unspecified atom stereocenters. The Bertz CT molecular complexity index is 639. The SMILES string of the molecule is CCOC1(C)C=CC(S(=O)(=O)c2ccc(C)cc2)=CC1. The van der Waals surface area contributed by atoms with Crippen molar-refractivity contribution in [3.05, 3.63) is 53.0 Å². The van der Waals surface area contributed by atoms with Crippen LogP contribution >= 0.6 is 0 Å². The van der Waals surface area contributed by atoms with Gasteiger partial charge in [0.2, 0.25) is 9.84 Å². The Morgan fingerprint density at radius 3 is 2.40 bits per heavy atom. The minimum atomic E-state index is -3.43. The smallest absolute Gasteiger partial charge is 0.206 e. The van der Waals surface area contributed by atoms with Crippen molar-refractivity contribution in [2.75, 3.05) is 6.61 Å². The van der Waals surface area contributed by atoms with Crippen molar-refractivity contribution in [1.29, 1.82) is 0 Å². The van der Waals surface area contributed by atoms with E-state index in [1.165, 1.54) is 0 Å². The number of allylic oxidation sites excluding steroid dienone is 1. The van der Waals surface area contributed by atoms with Crippen LogP contribution in [0.15, 0.2) is 52.3 Å². The lowest BCUT2D eigenvalue weighted by Gasteiger charge is -2.27. The lowest BCUT2D eigenvalue weighted by Crippen LogP contribution is -2.27. The Morgan fingerprint density at radius 2 is 1.90 bits per heavy atom. The van der Waals surface area contributed by atoms with Gasteiger partial charge in [-0.2, -0.15) is 0 Å². The van der Waals surface area contributed by atoms with E-state index in [1.54, 1.807) is 24.3 Å². The number of hydrogen-bond acceptors (Lipinski definition) is 3. The highest BCUT2D eigenvalue weighted by molar-refractivity contribution is 7.95. The number of sulfone groups is 1. The fourth-order valence-corrected chi connectivity index (χ4v) is 3.50. The second-order valence-electron chi connectivity index (χ2n) is 5.21. The molecule has 0 bridgehead atoms. The molecule has 20 heavy (non-hydrogen) atoms. The molecule has 0 N–H and O–H groups in total. The minimum Gasteiger partial charge on any atom is -0.371 e. The topological polar surface area (TPSA) is 43.4 Å². The van der Waals surface area contributed by atoms with Crippen LogP contribution in [0.25, 0.3) is 0 Å². The Balaban J connectivity index is 2.27. The molecule has 1 atom stereocenters. The largest absolute Gasteiger partial charge is 0.371 e. The maximum absolute atomic E-state index is 12.5. The van der Waals surface area contributed by atoms with Gasteiger partial charge in [-0.1, -0.05) is 29.8 Å². The fourth-order valence-electron chi connectivity index (χ4n) is 2.19. The molecule has 4 heteroatoms. The molecule has 1 aromatic carbocycles. The van der Waals surface area contributed by atoms with Crippen LogP contribution in [0.4, 0.5) is 0 Å². The highest BCUT2D eigenvalue weighted by atomic mass is 32.2. The molecule has 3 nitrogen and oxygen atoms in total. The maximum Gasteiger partial charge on any atom is 0.206 e. The van der Waals surface area contributed by atoms with E-state index in [0.29, 0.717) is 22.8 Å². The lowest BCUT2D eigenvalue weighted by molar-refractivity contribution is 0.0152. The zero-order valence-electron chi connectivity index (χ0n) is 12.1. The normalized spacial score (nSPS) is 22.6. The number of hydrogen-bond donors (Lipinski definition) is 0. The van der Waals surface area contributed by atoms with Gasteiger partial charge in [-0.15, -0.1) is 0 Å². The average molecular weight is 292 g/mol. The van der Waals surface area contributed by atoms with E-state index in [-0.39, 0.29) is 0 Å². The molecule has 1 aliphatic carbocycles. The first-order valence-electron chi connectivity index (χ1n) is 6.72. The van der Waals surface area contributed by atoms with Crippen LogP contribution in [0.2, 0.25) is 0 Å². The van der Waals surface area contributed by atoms with Gasteiger partial charge in [-0.05, 0) is 45.4 Å². The van der Waals surface area contributed by atoms with Gasteiger partial charge >= 0.3 is 0 Å². The Morgan fingerprint density at radius 1 is 1.25 bits per heavy atom. The van der Waals surface area contributed by atoms with Crippen LogP contribution in [-0.2, 0) is 14.6 Å². The molecular formula is C16H20O3S. The van der Waals surface area contributed by atoms with E-state index in [9.17, 15) is 8.42 Å². The van der Waals surface area contributed by atoms with Crippen molar-refractivity contribution < 1.29 is 13.2 Å². The molecule has 0 saturated heterocycles. The summed E-state index contributed by atoms with van der Waals surface area (Å²) in [4.78, 5) is 0.678. The van der Waals surface area contributed by atoms with E-state index >= 15 is 0 Å². The minimum absolute atomic E-state index is 0.332.